The first-order chi connectivity index (χ1) is 19.3. The van der Waals surface area contributed by atoms with Crippen LogP contribution in [-0.4, -0.2) is 33.9 Å². The molecular formula is C32H20NO7-. The fraction of sp³-hybridized carbons (Fsp3) is 0.125. The predicted octanol–water partition coefficient (Wildman–Crippen LogP) is 5.12. The van der Waals surface area contributed by atoms with E-state index in [0.29, 0.717) is 5.56 Å². The van der Waals surface area contributed by atoms with Crippen LogP contribution in [0.5, 0.6) is 0 Å². The molecule has 3 aliphatic rings. The van der Waals surface area contributed by atoms with Crippen molar-refractivity contribution in [2.75, 3.05) is 5.23 Å². The molecule has 1 N–H and O–H groups in total. The van der Waals surface area contributed by atoms with Crippen molar-refractivity contribution in [3.63, 3.8) is 0 Å². The van der Waals surface area contributed by atoms with E-state index in [9.17, 15) is 29.6 Å². The van der Waals surface area contributed by atoms with Gasteiger partial charge < -0.3 is 15.2 Å². The minimum absolute atomic E-state index is 0.125. The van der Waals surface area contributed by atoms with Crippen molar-refractivity contribution in [1.29, 1.82) is 0 Å². The molecule has 4 aromatic carbocycles. The van der Waals surface area contributed by atoms with Gasteiger partial charge in [-0.1, -0.05) is 91.0 Å². The molecule has 1 aliphatic heterocycles. The summed E-state index contributed by atoms with van der Waals surface area (Å²) in [5.41, 5.74) is -3.34. The standard InChI is InChI=1S/C32H20NO7/c34-26-21-13-4-5-14-22(21)27(35)31(26)25(19-11-8-12-20(17-19)33(38)39)32(40-30(31)18-9-2-1-3-10-18)28(36)23-15-6-7-16-24(23)29(32)37/h1-17,25,30,38H/q-1. The van der Waals surface area contributed by atoms with E-state index in [4.69, 9.17) is 4.74 Å². The zero-order valence-corrected chi connectivity index (χ0v) is 20.8. The molecule has 0 radical (unpaired) electrons. The number of anilines is 1. The number of fused-ring (bicyclic) bond motifs is 2. The highest BCUT2D eigenvalue weighted by atomic mass is 16.8. The Hall–Kier alpha value is -4.76. The maximum Gasteiger partial charge on any atom is 0.204 e. The molecule has 1 fully saturated rings. The SMILES string of the molecule is O=C1c2ccccc2C(=O)C12OC(c1ccccc1)C1(C(=O)c3ccccc3C1=O)C2c1cccc(N([O-])O)c1. The van der Waals surface area contributed by atoms with Crippen LogP contribution in [0.3, 0.4) is 0 Å². The van der Waals surface area contributed by atoms with Crippen LogP contribution < -0.4 is 5.23 Å². The monoisotopic (exact) mass is 530 g/mol. The first kappa shape index (κ1) is 24.3. The molecular weight excluding hydrogens is 510 g/mol. The van der Waals surface area contributed by atoms with Crippen LogP contribution in [0.15, 0.2) is 103 Å². The number of hydrogen-bond donors (Lipinski definition) is 1. The number of ketones is 4. The fourth-order valence-electron chi connectivity index (χ4n) is 6.78. The Kier molecular flexibility index (Phi) is 5.08. The van der Waals surface area contributed by atoms with Gasteiger partial charge in [-0.05, 0) is 23.3 Å². The van der Waals surface area contributed by atoms with Crippen LogP contribution in [0.1, 0.15) is 64.6 Å². The zero-order valence-electron chi connectivity index (χ0n) is 20.8. The summed E-state index contributed by atoms with van der Waals surface area (Å²) in [4.78, 5) is 57.9. The van der Waals surface area contributed by atoms with Gasteiger partial charge in [0.25, 0.3) is 0 Å². The summed E-state index contributed by atoms with van der Waals surface area (Å²) in [5.74, 6) is -3.94. The fourth-order valence-corrected chi connectivity index (χ4v) is 6.78. The van der Waals surface area contributed by atoms with E-state index in [0.717, 1.165) is 0 Å². The summed E-state index contributed by atoms with van der Waals surface area (Å²) in [7, 11) is 0. The van der Waals surface area contributed by atoms with Crippen molar-refractivity contribution in [1.82, 2.24) is 0 Å². The Morgan fingerprint density at radius 3 is 1.62 bits per heavy atom. The minimum Gasteiger partial charge on any atom is -0.733 e. The van der Waals surface area contributed by atoms with Gasteiger partial charge in [0.1, 0.15) is 11.5 Å². The molecule has 0 amide bonds. The number of nitrogens with zero attached hydrogens (tertiary/aromatic N) is 1. The second kappa shape index (κ2) is 8.37. The van der Waals surface area contributed by atoms with Gasteiger partial charge in [0, 0.05) is 22.3 Å². The summed E-state index contributed by atoms with van der Waals surface area (Å²) in [6, 6.07) is 26.9. The number of Topliss-reactive ketones (excluding diaryl/α,β-unsaturated/α-hetero) is 4. The molecule has 0 saturated carbocycles. The van der Waals surface area contributed by atoms with Crippen molar-refractivity contribution in [3.8, 4) is 0 Å². The Morgan fingerprint density at radius 1 is 0.625 bits per heavy atom. The molecule has 8 nitrogen and oxygen atoms in total. The molecule has 0 aromatic heterocycles. The molecule has 2 spiro atoms. The molecule has 8 heteroatoms. The number of carbonyl (C=O) groups is 4. The molecule has 2 unspecified atom stereocenters. The number of benzene rings is 4. The lowest BCUT2D eigenvalue weighted by Gasteiger charge is -2.35. The van der Waals surface area contributed by atoms with Crippen LogP contribution in [-0.2, 0) is 4.74 Å². The van der Waals surface area contributed by atoms with E-state index in [1.807, 2.05) is 0 Å². The summed E-state index contributed by atoms with van der Waals surface area (Å²) in [6.45, 7) is 0. The van der Waals surface area contributed by atoms with E-state index < -0.39 is 46.2 Å². The van der Waals surface area contributed by atoms with Crippen LogP contribution in [0.4, 0.5) is 5.69 Å². The third kappa shape index (κ3) is 2.84. The molecule has 0 bridgehead atoms. The first-order valence-electron chi connectivity index (χ1n) is 12.7. The molecule has 40 heavy (non-hydrogen) atoms. The molecule has 196 valence electrons. The summed E-state index contributed by atoms with van der Waals surface area (Å²) < 4.78 is 6.59. The second-order valence-electron chi connectivity index (χ2n) is 10.2. The molecule has 1 saturated heterocycles. The highest BCUT2D eigenvalue weighted by Crippen LogP contribution is 2.68. The third-order valence-corrected chi connectivity index (χ3v) is 8.36. The van der Waals surface area contributed by atoms with Gasteiger partial charge in [-0.2, -0.15) is 0 Å². The average Bonchev–Trinajstić information content (AvgIpc) is 3.52. The molecule has 4 aromatic rings. The van der Waals surface area contributed by atoms with Gasteiger partial charge in [-0.15, -0.1) is 0 Å². The highest BCUT2D eigenvalue weighted by molar-refractivity contribution is 6.37. The second-order valence-corrected chi connectivity index (χ2v) is 10.2. The van der Waals surface area contributed by atoms with E-state index in [2.05, 4.69) is 0 Å². The van der Waals surface area contributed by atoms with Gasteiger partial charge in [-0.3, -0.25) is 24.4 Å². The van der Waals surface area contributed by atoms with E-state index in [1.165, 1.54) is 36.4 Å². The molecule has 2 aliphatic carbocycles. The smallest absolute Gasteiger partial charge is 0.204 e. The van der Waals surface area contributed by atoms with Crippen molar-refractivity contribution >= 4 is 28.8 Å². The van der Waals surface area contributed by atoms with Gasteiger partial charge in [0.15, 0.2) is 11.6 Å². The maximum atomic E-state index is 14.6. The van der Waals surface area contributed by atoms with Crippen molar-refractivity contribution in [2.45, 2.75) is 17.6 Å². The largest absolute Gasteiger partial charge is 0.733 e. The van der Waals surface area contributed by atoms with Gasteiger partial charge in [0.05, 0.1) is 11.6 Å². The molecule has 1 heterocycles. The van der Waals surface area contributed by atoms with Gasteiger partial charge >= 0.3 is 0 Å². The van der Waals surface area contributed by atoms with E-state index >= 15 is 0 Å². The van der Waals surface area contributed by atoms with Crippen LogP contribution in [0, 0.1) is 10.6 Å². The highest BCUT2D eigenvalue weighted by Gasteiger charge is 2.79. The average molecular weight is 531 g/mol. The predicted molar refractivity (Wildman–Crippen MR) is 142 cm³/mol. The molecule has 7 rings (SSSR count). The lowest BCUT2D eigenvalue weighted by atomic mass is 9.60. The number of rotatable bonds is 3. The maximum absolute atomic E-state index is 14.6. The zero-order chi connectivity index (χ0) is 27.8. The Balaban J connectivity index is 1.60. The Morgan fingerprint density at radius 2 is 1.10 bits per heavy atom. The Bertz CT molecular complexity index is 1690. The first-order valence-corrected chi connectivity index (χ1v) is 12.7. The number of ether oxygens (including phenoxy) is 1. The van der Waals surface area contributed by atoms with Crippen LogP contribution in [0.25, 0.3) is 0 Å². The summed E-state index contributed by atoms with van der Waals surface area (Å²) in [5, 5.41) is 21.3. The van der Waals surface area contributed by atoms with Gasteiger partial charge in [0.2, 0.25) is 17.2 Å². The third-order valence-electron chi connectivity index (χ3n) is 8.36. The lowest BCUT2D eigenvalue weighted by Crippen LogP contribution is -2.51. The normalized spacial score (nSPS) is 21.8. The summed E-state index contributed by atoms with van der Waals surface area (Å²) in [6.07, 6.45) is -1.31. The van der Waals surface area contributed by atoms with Gasteiger partial charge in [-0.25, -0.2) is 0 Å². The minimum atomic E-state index is -2.28. The van der Waals surface area contributed by atoms with Crippen molar-refractivity contribution in [2.24, 2.45) is 5.41 Å². The summed E-state index contributed by atoms with van der Waals surface area (Å²) >= 11 is 0. The Labute approximate surface area is 228 Å². The van der Waals surface area contributed by atoms with E-state index in [1.54, 1.807) is 66.7 Å². The van der Waals surface area contributed by atoms with E-state index in [-0.39, 0.29) is 38.7 Å². The van der Waals surface area contributed by atoms with Crippen molar-refractivity contribution < 1.29 is 29.1 Å². The van der Waals surface area contributed by atoms with Crippen molar-refractivity contribution in [3.05, 3.63) is 142 Å². The van der Waals surface area contributed by atoms with Crippen LogP contribution >= 0.6 is 0 Å². The van der Waals surface area contributed by atoms with Crippen LogP contribution in [0.2, 0.25) is 0 Å². The quantitative estimate of drug-likeness (QED) is 0.286. The topological polar surface area (TPSA) is 124 Å². The number of hydrogen-bond acceptors (Lipinski definition) is 8. The lowest BCUT2D eigenvalue weighted by molar-refractivity contribution is -0.0210. The number of carbonyl (C=O) groups excluding carboxylic acids is 4. The molecule has 2 atom stereocenters.